The molecule has 0 radical (unpaired) electrons. The highest BCUT2D eigenvalue weighted by Crippen LogP contribution is 2.61. The van der Waals surface area contributed by atoms with E-state index in [0.29, 0.717) is 5.41 Å². The van der Waals surface area contributed by atoms with E-state index >= 15 is 0 Å². The number of hydrogen-bond acceptors (Lipinski definition) is 2. The van der Waals surface area contributed by atoms with Gasteiger partial charge >= 0.3 is 0 Å². The van der Waals surface area contributed by atoms with Gasteiger partial charge in [0.2, 0.25) is 11.8 Å². The van der Waals surface area contributed by atoms with Gasteiger partial charge in [-0.3, -0.25) is 9.59 Å². The Balaban J connectivity index is 1.02. The third kappa shape index (κ3) is 2.92. The second-order valence-electron chi connectivity index (χ2n) is 12.1. The maximum atomic E-state index is 13.0. The molecule has 2 amide bonds. The van der Waals surface area contributed by atoms with Crippen LogP contribution in [0.5, 0.6) is 0 Å². The molecule has 0 spiro atoms. The van der Waals surface area contributed by atoms with Crippen LogP contribution in [0.4, 0.5) is 0 Å². The molecule has 4 heteroatoms. The molecule has 0 unspecified atom stereocenters. The van der Waals surface area contributed by atoms with Crippen LogP contribution in [-0.2, 0) is 9.59 Å². The first-order chi connectivity index (χ1) is 13.5. The van der Waals surface area contributed by atoms with Gasteiger partial charge in [0.25, 0.3) is 0 Å². The van der Waals surface area contributed by atoms with Crippen LogP contribution >= 0.6 is 0 Å². The third-order valence-corrected chi connectivity index (χ3v) is 9.76. The number of amides is 2. The fraction of sp³-hybridized carbons (Fsp3) is 0.917. The zero-order valence-electron chi connectivity index (χ0n) is 17.2. The van der Waals surface area contributed by atoms with Crippen molar-refractivity contribution in [2.24, 2.45) is 46.3 Å². The predicted molar refractivity (Wildman–Crippen MR) is 107 cm³/mol. The lowest BCUT2D eigenvalue weighted by atomic mass is 9.49. The SMILES string of the molecule is O=C(CNC(=O)C12CC3CC(CC(C3)C1)C2)NCC12CC3CC(CC(C3)C1)C2. The van der Waals surface area contributed by atoms with Crippen LogP contribution in [0.25, 0.3) is 0 Å². The third-order valence-electron chi connectivity index (χ3n) is 9.76. The molecule has 0 saturated heterocycles. The molecule has 4 nitrogen and oxygen atoms in total. The summed E-state index contributed by atoms with van der Waals surface area (Å²) >= 11 is 0. The van der Waals surface area contributed by atoms with Gasteiger partial charge in [0.05, 0.1) is 6.54 Å². The molecule has 0 aromatic rings. The average Bonchev–Trinajstić information content (AvgIpc) is 2.62. The summed E-state index contributed by atoms with van der Waals surface area (Å²) in [4.78, 5) is 25.6. The zero-order chi connectivity index (χ0) is 18.9. The second kappa shape index (κ2) is 6.22. The largest absolute Gasteiger partial charge is 0.354 e. The van der Waals surface area contributed by atoms with Gasteiger partial charge in [0.15, 0.2) is 0 Å². The van der Waals surface area contributed by atoms with E-state index in [2.05, 4.69) is 10.6 Å². The maximum Gasteiger partial charge on any atom is 0.239 e. The Kier molecular flexibility index (Phi) is 3.95. The standard InChI is InChI=1S/C24H36N2O2/c27-21(26-14-23-7-15-1-16(8-23)3-17(2-15)9-23)13-25-22(28)24-10-18-4-19(11-24)6-20(5-18)12-24/h15-20H,1-14H2,(H,25,28)(H,26,27). The van der Waals surface area contributed by atoms with Gasteiger partial charge in [0.1, 0.15) is 0 Å². The summed E-state index contributed by atoms with van der Waals surface area (Å²) in [6.45, 7) is 1.01. The molecule has 8 saturated carbocycles. The smallest absolute Gasteiger partial charge is 0.239 e. The molecule has 8 aliphatic rings. The van der Waals surface area contributed by atoms with Crippen LogP contribution in [0.15, 0.2) is 0 Å². The van der Waals surface area contributed by atoms with Crippen LogP contribution < -0.4 is 10.6 Å². The van der Waals surface area contributed by atoms with Crippen LogP contribution in [-0.4, -0.2) is 24.9 Å². The Labute approximate surface area is 169 Å². The molecule has 2 N–H and O–H groups in total. The summed E-state index contributed by atoms with van der Waals surface area (Å²) in [7, 11) is 0. The molecular weight excluding hydrogens is 348 g/mol. The van der Waals surface area contributed by atoms with Crippen molar-refractivity contribution in [3.8, 4) is 0 Å². The number of rotatable bonds is 5. The molecule has 0 aliphatic heterocycles. The summed E-state index contributed by atoms with van der Waals surface area (Å²) in [6, 6.07) is 0. The highest BCUT2D eigenvalue weighted by Gasteiger charge is 2.54. The first-order valence-corrected chi connectivity index (χ1v) is 12.0. The number of nitrogens with one attached hydrogen (secondary N) is 2. The number of hydrogen-bond donors (Lipinski definition) is 2. The van der Waals surface area contributed by atoms with Gasteiger partial charge < -0.3 is 10.6 Å². The van der Waals surface area contributed by atoms with E-state index in [-0.39, 0.29) is 23.8 Å². The molecule has 0 heterocycles. The zero-order valence-corrected chi connectivity index (χ0v) is 17.2. The molecule has 8 rings (SSSR count). The van der Waals surface area contributed by atoms with E-state index in [1.54, 1.807) is 0 Å². The lowest BCUT2D eigenvalue weighted by molar-refractivity contribution is -0.147. The number of carbonyl (C=O) groups is 2. The van der Waals surface area contributed by atoms with E-state index in [9.17, 15) is 9.59 Å². The van der Waals surface area contributed by atoms with Crippen molar-refractivity contribution in [2.45, 2.75) is 77.0 Å². The monoisotopic (exact) mass is 384 g/mol. The van der Waals surface area contributed by atoms with E-state index in [0.717, 1.165) is 61.3 Å². The van der Waals surface area contributed by atoms with Gasteiger partial charge in [-0.25, -0.2) is 0 Å². The molecule has 0 atom stereocenters. The van der Waals surface area contributed by atoms with Crippen molar-refractivity contribution in [2.75, 3.05) is 13.1 Å². The summed E-state index contributed by atoms with van der Waals surface area (Å²) in [5.74, 6) is 5.24. The van der Waals surface area contributed by atoms with Crippen molar-refractivity contribution in [1.29, 1.82) is 0 Å². The molecule has 0 aromatic heterocycles. The van der Waals surface area contributed by atoms with E-state index < -0.39 is 0 Å². The van der Waals surface area contributed by atoms with Crippen LogP contribution in [0.1, 0.15) is 77.0 Å². The lowest BCUT2D eigenvalue weighted by Crippen LogP contribution is -2.55. The Morgan fingerprint density at radius 3 is 1.54 bits per heavy atom. The molecule has 28 heavy (non-hydrogen) atoms. The summed E-state index contributed by atoms with van der Waals surface area (Å²) in [6.07, 6.45) is 15.5. The van der Waals surface area contributed by atoms with Crippen LogP contribution in [0.2, 0.25) is 0 Å². The first kappa shape index (κ1) is 17.8. The highest BCUT2D eigenvalue weighted by molar-refractivity contribution is 5.88. The van der Waals surface area contributed by atoms with Crippen LogP contribution in [0, 0.1) is 46.3 Å². The van der Waals surface area contributed by atoms with Crippen LogP contribution in [0.3, 0.4) is 0 Å². The number of carbonyl (C=O) groups excluding carboxylic acids is 2. The van der Waals surface area contributed by atoms with Crippen molar-refractivity contribution >= 4 is 11.8 Å². The molecule has 8 bridgehead atoms. The maximum absolute atomic E-state index is 13.0. The van der Waals surface area contributed by atoms with E-state index in [4.69, 9.17) is 0 Å². The molecule has 8 aliphatic carbocycles. The summed E-state index contributed by atoms with van der Waals surface area (Å²) in [5.41, 5.74) is 0.225. The predicted octanol–water partition coefficient (Wildman–Crippen LogP) is 3.65. The second-order valence-corrected chi connectivity index (χ2v) is 12.1. The van der Waals surface area contributed by atoms with Gasteiger partial charge in [-0.1, -0.05) is 0 Å². The summed E-state index contributed by atoms with van der Waals surface area (Å²) in [5, 5.41) is 6.26. The van der Waals surface area contributed by atoms with Crippen molar-refractivity contribution < 1.29 is 9.59 Å². The van der Waals surface area contributed by atoms with E-state index in [1.165, 1.54) is 57.8 Å². The van der Waals surface area contributed by atoms with Gasteiger partial charge in [-0.05, 0) is 118 Å². The molecule has 154 valence electrons. The van der Waals surface area contributed by atoms with Gasteiger partial charge in [-0.15, -0.1) is 0 Å². The van der Waals surface area contributed by atoms with Crippen molar-refractivity contribution in [3.63, 3.8) is 0 Å². The quantitative estimate of drug-likeness (QED) is 0.760. The topological polar surface area (TPSA) is 58.2 Å². The Morgan fingerprint density at radius 2 is 1.07 bits per heavy atom. The molecule has 8 fully saturated rings. The Morgan fingerprint density at radius 1 is 0.643 bits per heavy atom. The minimum Gasteiger partial charge on any atom is -0.354 e. The van der Waals surface area contributed by atoms with E-state index in [1.807, 2.05) is 0 Å². The Bertz CT molecular complexity index is 614. The first-order valence-electron chi connectivity index (χ1n) is 12.0. The van der Waals surface area contributed by atoms with Gasteiger partial charge in [0, 0.05) is 12.0 Å². The lowest BCUT2D eigenvalue weighted by Gasteiger charge is -2.57. The average molecular weight is 385 g/mol. The minimum atomic E-state index is -0.144. The molecule has 0 aromatic carbocycles. The fourth-order valence-electron chi connectivity index (χ4n) is 9.59. The van der Waals surface area contributed by atoms with Gasteiger partial charge in [-0.2, -0.15) is 0 Å². The van der Waals surface area contributed by atoms with Crippen molar-refractivity contribution in [3.05, 3.63) is 0 Å². The fourth-order valence-corrected chi connectivity index (χ4v) is 9.59. The Hall–Kier alpha value is -1.06. The summed E-state index contributed by atoms with van der Waals surface area (Å²) < 4.78 is 0. The highest BCUT2D eigenvalue weighted by atomic mass is 16.2. The minimum absolute atomic E-state index is 0.0221. The van der Waals surface area contributed by atoms with Crippen molar-refractivity contribution in [1.82, 2.24) is 10.6 Å². The normalized spacial score (nSPS) is 50.0. The molecular formula is C24H36N2O2.